The molecule has 1 rings (SSSR count). The zero-order valence-electron chi connectivity index (χ0n) is 8.05. The number of hydrogen-bond acceptors (Lipinski definition) is 1. The second-order valence-electron chi connectivity index (χ2n) is 3.73. The third kappa shape index (κ3) is 2.49. The smallest absolute Gasteiger partial charge is 0.00470 e. The fourth-order valence-electron chi connectivity index (χ4n) is 1.80. The lowest BCUT2D eigenvalue weighted by Gasteiger charge is -2.19. The van der Waals surface area contributed by atoms with Crippen molar-refractivity contribution in [1.29, 1.82) is 0 Å². The highest BCUT2D eigenvalue weighted by Gasteiger charge is 2.16. The molecule has 0 aromatic heterocycles. The second kappa shape index (κ2) is 4.46. The van der Waals surface area contributed by atoms with Gasteiger partial charge in [0, 0.05) is 6.54 Å². The van der Waals surface area contributed by atoms with Gasteiger partial charge in [0.05, 0.1) is 0 Å². The van der Waals surface area contributed by atoms with Crippen molar-refractivity contribution in [2.24, 2.45) is 5.92 Å². The number of nitrogens with zero attached hydrogens (tertiary/aromatic N) is 1. The lowest BCUT2D eigenvalue weighted by molar-refractivity contribution is 0.320. The molecule has 1 nitrogen and oxygen atoms in total. The van der Waals surface area contributed by atoms with E-state index in [1.165, 1.54) is 31.4 Å². The average molecular weight is 165 g/mol. The summed E-state index contributed by atoms with van der Waals surface area (Å²) < 4.78 is 0. The van der Waals surface area contributed by atoms with Gasteiger partial charge in [-0.1, -0.05) is 31.2 Å². The molecule has 0 spiro atoms. The van der Waals surface area contributed by atoms with Gasteiger partial charge in [-0.25, -0.2) is 0 Å². The second-order valence-corrected chi connectivity index (χ2v) is 3.73. The van der Waals surface area contributed by atoms with Crippen molar-refractivity contribution >= 4 is 0 Å². The summed E-state index contributed by atoms with van der Waals surface area (Å²) in [7, 11) is 2.19. The van der Waals surface area contributed by atoms with Crippen LogP contribution in [0.2, 0.25) is 0 Å². The predicted molar refractivity (Wildman–Crippen MR) is 54.2 cm³/mol. The van der Waals surface area contributed by atoms with E-state index in [1.807, 2.05) is 6.08 Å². The third-order valence-electron chi connectivity index (χ3n) is 2.66. The van der Waals surface area contributed by atoms with Crippen LogP contribution in [0.4, 0.5) is 0 Å². The van der Waals surface area contributed by atoms with E-state index < -0.39 is 0 Å². The first kappa shape index (κ1) is 9.53. The average Bonchev–Trinajstić information content (AvgIpc) is 2.28. The van der Waals surface area contributed by atoms with Gasteiger partial charge in [-0.2, -0.15) is 0 Å². The summed E-state index contributed by atoms with van der Waals surface area (Å²) >= 11 is 0. The van der Waals surface area contributed by atoms with Gasteiger partial charge in [0.25, 0.3) is 0 Å². The van der Waals surface area contributed by atoms with Gasteiger partial charge in [-0.15, -0.1) is 0 Å². The molecule has 0 amide bonds. The monoisotopic (exact) mass is 165 g/mol. The summed E-state index contributed by atoms with van der Waals surface area (Å²) in [6.07, 6.45) is 5.86. The summed E-state index contributed by atoms with van der Waals surface area (Å²) in [5.41, 5.74) is 1.21. The van der Waals surface area contributed by atoms with E-state index in [0.29, 0.717) is 5.92 Å². The Balaban J connectivity index is 2.51. The molecule has 0 saturated carbocycles. The highest BCUT2D eigenvalue weighted by Crippen LogP contribution is 2.21. The summed E-state index contributed by atoms with van der Waals surface area (Å²) in [5.74, 6) is 0.648. The van der Waals surface area contributed by atoms with Crippen molar-refractivity contribution in [2.75, 3.05) is 20.1 Å². The van der Waals surface area contributed by atoms with Crippen LogP contribution in [0.5, 0.6) is 0 Å². The Bertz CT molecular complexity index is 172. The van der Waals surface area contributed by atoms with E-state index in [0.717, 1.165) is 6.54 Å². The fraction of sp³-hybridized carbons (Fsp3) is 0.636. The molecule has 0 radical (unpaired) electrons. The maximum absolute atomic E-state index is 4.03. The van der Waals surface area contributed by atoms with Gasteiger partial charge < -0.3 is 4.90 Å². The van der Waals surface area contributed by atoms with E-state index in [1.54, 1.807) is 0 Å². The minimum Gasteiger partial charge on any atom is -0.306 e. The van der Waals surface area contributed by atoms with Crippen LogP contribution in [0.15, 0.2) is 24.8 Å². The summed E-state index contributed by atoms with van der Waals surface area (Å²) in [4.78, 5) is 2.40. The molecule has 1 atom stereocenters. The van der Waals surface area contributed by atoms with Crippen molar-refractivity contribution in [3.05, 3.63) is 24.8 Å². The molecular weight excluding hydrogens is 146 g/mol. The van der Waals surface area contributed by atoms with E-state index >= 15 is 0 Å². The maximum Gasteiger partial charge on any atom is 0.00470 e. The van der Waals surface area contributed by atoms with Crippen LogP contribution >= 0.6 is 0 Å². The fourth-order valence-corrected chi connectivity index (χ4v) is 1.80. The van der Waals surface area contributed by atoms with Crippen molar-refractivity contribution in [3.63, 3.8) is 0 Å². The summed E-state index contributed by atoms with van der Waals surface area (Å²) in [6.45, 7) is 10.2. The minimum absolute atomic E-state index is 0.648. The highest BCUT2D eigenvalue weighted by molar-refractivity contribution is 5.15. The molecule has 1 unspecified atom stereocenters. The van der Waals surface area contributed by atoms with E-state index in [4.69, 9.17) is 0 Å². The number of hydrogen-bond donors (Lipinski definition) is 0. The molecule has 1 fully saturated rings. The number of allylic oxidation sites excluding steroid dienone is 1. The SMILES string of the molecule is C=CC(=C)C1CCCCN(C)C1. The van der Waals surface area contributed by atoms with Crippen LogP contribution in [-0.2, 0) is 0 Å². The molecule has 1 aliphatic heterocycles. The third-order valence-corrected chi connectivity index (χ3v) is 2.66. The summed E-state index contributed by atoms with van der Waals surface area (Å²) in [5, 5.41) is 0. The molecular formula is C11H19N. The van der Waals surface area contributed by atoms with Crippen LogP contribution in [0, 0.1) is 5.92 Å². The number of likely N-dealkylation sites (tertiary alicyclic amines) is 1. The Hall–Kier alpha value is -0.560. The lowest BCUT2D eigenvalue weighted by Crippen LogP contribution is -2.24. The largest absolute Gasteiger partial charge is 0.306 e. The van der Waals surface area contributed by atoms with E-state index in [-0.39, 0.29) is 0 Å². The first-order valence-electron chi connectivity index (χ1n) is 4.74. The zero-order chi connectivity index (χ0) is 8.97. The van der Waals surface area contributed by atoms with Crippen LogP contribution in [0.25, 0.3) is 0 Å². The Morgan fingerprint density at radius 3 is 2.92 bits per heavy atom. The quantitative estimate of drug-likeness (QED) is 0.568. The van der Waals surface area contributed by atoms with Gasteiger partial charge >= 0.3 is 0 Å². The van der Waals surface area contributed by atoms with Gasteiger partial charge in [0.1, 0.15) is 0 Å². The van der Waals surface area contributed by atoms with Crippen LogP contribution < -0.4 is 0 Å². The minimum atomic E-state index is 0.648. The Morgan fingerprint density at radius 2 is 2.25 bits per heavy atom. The molecule has 12 heavy (non-hydrogen) atoms. The molecule has 1 heteroatoms. The molecule has 68 valence electrons. The lowest BCUT2D eigenvalue weighted by atomic mass is 9.95. The molecule has 0 bridgehead atoms. The topological polar surface area (TPSA) is 3.24 Å². The molecule has 1 heterocycles. The van der Waals surface area contributed by atoms with Crippen molar-refractivity contribution in [2.45, 2.75) is 19.3 Å². The zero-order valence-corrected chi connectivity index (χ0v) is 8.05. The molecule has 0 aromatic rings. The van der Waals surface area contributed by atoms with Crippen LogP contribution in [0.3, 0.4) is 0 Å². The molecule has 0 aromatic carbocycles. The van der Waals surface area contributed by atoms with Gasteiger partial charge in [-0.3, -0.25) is 0 Å². The Labute approximate surface area is 75.8 Å². The molecule has 1 saturated heterocycles. The molecule has 0 aliphatic carbocycles. The first-order chi connectivity index (χ1) is 5.74. The normalized spacial score (nSPS) is 26.2. The van der Waals surface area contributed by atoms with Gasteiger partial charge in [0.2, 0.25) is 0 Å². The van der Waals surface area contributed by atoms with Crippen molar-refractivity contribution < 1.29 is 0 Å². The van der Waals surface area contributed by atoms with Crippen LogP contribution in [0.1, 0.15) is 19.3 Å². The number of rotatable bonds is 2. The Morgan fingerprint density at radius 1 is 1.50 bits per heavy atom. The van der Waals surface area contributed by atoms with Crippen LogP contribution in [-0.4, -0.2) is 25.0 Å². The standard InChI is InChI=1S/C11H19N/c1-4-10(2)11-7-5-6-8-12(3)9-11/h4,11H,1-2,5-9H2,3H3. The first-order valence-corrected chi connectivity index (χ1v) is 4.74. The predicted octanol–water partition coefficient (Wildman–Crippen LogP) is 2.46. The van der Waals surface area contributed by atoms with Crippen molar-refractivity contribution in [3.8, 4) is 0 Å². The van der Waals surface area contributed by atoms with Gasteiger partial charge in [-0.05, 0) is 32.4 Å². The van der Waals surface area contributed by atoms with E-state index in [9.17, 15) is 0 Å². The Kier molecular flexibility index (Phi) is 3.54. The highest BCUT2D eigenvalue weighted by atomic mass is 15.1. The van der Waals surface area contributed by atoms with E-state index in [2.05, 4.69) is 25.1 Å². The summed E-state index contributed by atoms with van der Waals surface area (Å²) in [6, 6.07) is 0. The van der Waals surface area contributed by atoms with Gasteiger partial charge in [0.15, 0.2) is 0 Å². The molecule has 0 N–H and O–H groups in total. The molecule has 1 aliphatic rings. The van der Waals surface area contributed by atoms with Crippen molar-refractivity contribution in [1.82, 2.24) is 4.90 Å². The maximum atomic E-state index is 4.03.